The number of thiazole rings is 1. The number of hydrogen-bond donors (Lipinski definition) is 1. The van der Waals surface area contributed by atoms with Gasteiger partial charge in [0.1, 0.15) is 5.75 Å². The lowest BCUT2D eigenvalue weighted by atomic mass is 10.0. The van der Waals surface area contributed by atoms with Crippen LogP contribution in [0.2, 0.25) is 0 Å². The third kappa shape index (κ3) is 5.20. The Labute approximate surface area is 178 Å². The van der Waals surface area contributed by atoms with Crippen LogP contribution in [0.25, 0.3) is 11.3 Å². The molecular weight excluding hydrogens is 436 g/mol. The van der Waals surface area contributed by atoms with Crippen LogP contribution in [0, 0.1) is 0 Å². The van der Waals surface area contributed by atoms with Gasteiger partial charge in [0.05, 0.1) is 10.2 Å². The zero-order valence-corrected chi connectivity index (χ0v) is 18.6. The number of anilines is 1. The van der Waals surface area contributed by atoms with E-state index in [0.29, 0.717) is 16.8 Å². The second-order valence-electron chi connectivity index (χ2n) is 6.77. The fourth-order valence-electron chi connectivity index (χ4n) is 2.67. The minimum absolute atomic E-state index is 0.0697. The summed E-state index contributed by atoms with van der Waals surface area (Å²) < 4.78 is 6.49. The number of rotatable bonds is 7. The highest BCUT2D eigenvalue weighted by Crippen LogP contribution is 2.29. The Morgan fingerprint density at radius 3 is 2.61 bits per heavy atom. The summed E-state index contributed by atoms with van der Waals surface area (Å²) in [5.41, 5.74) is 4.40. The van der Waals surface area contributed by atoms with E-state index >= 15 is 0 Å². The van der Waals surface area contributed by atoms with Gasteiger partial charge in [-0.25, -0.2) is 4.98 Å². The molecule has 3 aromatic rings. The molecule has 0 unspecified atom stereocenters. The molecule has 0 spiro atoms. The number of amides is 1. The first-order valence-electron chi connectivity index (χ1n) is 9.23. The second-order valence-corrected chi connectivity index (χ2v) is 8.48. The highest BCUT2D eigenvalue weighted by Gasteiger charge is 2.11. The van der Waals surface area contributed by atoms with Gasteiger partial charge in [0.2, 0.25) is 0 Å². The normalized spacial score (nSPS) is 10.9. The van der Waals surface area contributed by atoms with Crippen molar-refractivity contribution in [3.8, 4) is 17.0 Å². The number of nitrogens with zero attached hydrogens (tertiary/aromatic N) is 1. The smallest absolute Gasteiger partial charge is 0.264 e. The molecule has 0 radical (unpaired) electrons. The lowest BCUT2D eigenvalue weighted by Crippen LogP contribution is -2.20. The van der Waals surface area contributed by atoms with Crippen LogP contribution in [0.5, 0.6) is 5.75 Å². The Balaban J connectivity index is 1.57. The minimum Gasteiger partial charge on any atom is -0.483 e. The molecule has 28 heavy (non-hydrogen) atoms. The Hall–Kier alpha value is -2.18. The third-order valence-electron chi connectivity index (χ3n) is 4.39. The molecule has 3 rings (SSSR count). The standard InChI is InChI=1S/C22H23BrN2O2S/c1-4-15-5-7-16(8-6-15)19-13-28-22(24-19)25-21(26)12-27-20-10-9-17(14(2)3)11-18(20)23/h5-11,13-14H,4,12H2,1-3H3,(H,24,25,26). The first-order chi connectivity index (χ1) is 13.5. The highest BCUT2D eigenvalue weighted by molar-refractivity contribution is 9.10. The van der Waals surface area contributed by atoms with Crippen LogP contribution in [0.1, 0.15) is 37.8 Å². The van der Waals surface area contributed by atoms with Crippen LogP contribution in [0.4, 0.5) is 5.13 Å². The number of benzene rings is 2. The van der Waals surface area contributed by atoms with Crippen molar-refractivity contribution in [3.63, 3.8) is 0 Å². The summed E-state index contributed by atoms with van der Waals surface area (Å²) >= 11 is 4.91. The summed E-state index contributed by atoms with van der Waals surface area (Å²) in [7, 11) is 0. The lowest BCUT2D eigenvalue weighted by molar-refractivity contribution is -0.118. The van der Waals surface area contributed by atoms with Gasteiger partial charge in [-0.15, -0.1) is 11.3 Å². The number of aryl methyl sites for hydroxylation is 1. The molecular formula is C22H23BrN2O2S. The van der Waals surface area contributed by atoms with Crippen molar-refractivity contribution < 1.29 is 9.53 Å². The van der Waals surface area contributed by atoms with Gasteiger partial charge >= 0.3 is 0 Å². The molecule has 0 bridgehead atoms. The number of ether oxygens (including phenoxy) is 1. The Morgan fingerprint density at radius 2 is 1.96 bits per heavy atom. The van der Waals surface area contributed by atoms with Gasteiger partial charge in [0, 0.05) is 10.9 Å². The predicted octanol–water partition coefficient (Wildman–Crippen LogP) is 6.28. The molecule has 0 atom stereocenters. The SMILES string of the molecule is CCc1ccc(-c2csc(NC(=O)COc3ccc(C(C)C)cc3Br)n2)cc1. The van der Waals surface area contributed by atoms with Gasteiger partial charge in [-0.3, -0.25) is 10.1 Å². The third-order valence-corrected chi connectivity index (χ3v) is 5.77. The van der Waals surface area contributed by atoms with Crippen molar-refractivity contribution in [2.24, 2.45) is 0 Å². The maximum atomic E-state index is 12.2. The molecule has 4 nitrogen and oxygen atoms in total. The van der Waals surface area contributed by atoms with E-state index in [1.807, 2.05) is 23.6 Å². The molecule has 0 aliphatic heterocycles. The summed E-state index contributed by atoms with van der Waals surface area (Å²) in [6.07, 6.45) is 1.01. The van der Waals surface area contributed by atoms with E-state index in [0.717, 1.165) is 22.2 Å². The van der Waals surface area contributed by atoms with Gasteiger partial charge in [-0.2, -0.15) is 0 Å². The minimum atomic E-state index is -0.234. The van der Waals surface area contributed by atoms with Crippen LogP contribution in [-0.4, -0.2) is 17.5 Å². The van der Waals surface area contributed by atoms with Gasteiger partial charge in [0.25, 0.3) is 5.91 Å². The average Bonchev–Trinajstić information content (AvgIpc) is 3.15. The van der Waals surface area contributed by atoms with E-state index in [9.17, 15) is 4.79 Å². The Kier molecular flexibility index (Phi) is 6.86. The fourth-order valence-corrected chi connectivity index (χ4v) is 3.91. The number of halogens is 1. The molecule has 0 aliphatic carbocycles. The maximum absolute atomic E-state index is 12.2. The van der Waals surface area contributed by atoms with Gasteiger partial charge in [-0.05, 0) is 51.5 Å². The molecule has 2 aromatic carbocycles. The molecule has 1 heterocycles. The van der Waals surface area contributed by atoms with Crippen LogP contribution in [0.15, 0.2) is 52.3 Å². The fraction of sp³-hybridized carbons (Fsp3) is 0.273. The lowest BCUT2D eigenvalue weighted by Gasteiger charge is -2.11. The topological polar surface area (TPSA) is 51.2 Å². The van der Waals surface area contributed by atoms with Crippen molar-refractivity contribution in [1.82, 2.24) is 4.98 Å². The van der Waals surface area contributed by atoms with Crippen LogP contribution < -0.4 is 10.1 Å². The van der Waals surface area contributed by atoms with Gasteiger partial charge in [0.15, 0.2) is 11.7 Å². The van der Waals surface area contributed by atoms with Gasteiger partial charge in [-0.1, -0.05) is 51.1 Å². The molecule has 146 valence electrons. The monoisotopic (exact) mass is 458 g/mol. The van der Waals surface area contributed by atoms with E-state index < -0.39 is 0 Å². The van der Waals surface area contributed by atoms with E-state index in [1.54, 1.807) is 0 Å². The van der Waals surface area contributed by atoms with E-state index in [-0.39, 0.29) is 12.5 Å². The molecule has 6 heteroatoms. The number of carbonyl (C=O) groups is 1. The summed E-state index contributed by atoms with van der Waals surface area (Å²) in [6, 6.07) is 14.2. The Bertz CT molecular complexity index is 951. The van der Waals surface area contributed by atoms with Crippen molar-refractivity contribution >= 4 is 38.3 Å². The summed E-state index contributed by atoms with van der Waals surface area (Å²) in [5.74, 6) is 0.850. The van der Waals surface area contributed by atoms with Crippen molar-refractivity contribution in [3.05, 3.63) is 63.4 Å². The molecule has 1 aromatic heterocycles. The maximum Gasteiger partial charge on any atom is 0.264 e. The first kappa shape index (κ1) is 20.6. The second kappa shape index (κ2) is 9.34. The summed E-state index contributed by atoms with van der Waals surface area (Å²) in [4.78, 5) is 16.7. The Morgan fingerprint density at radius 1 is 1.21 bits per heavy atom. The van der Waals surface area contributed by atoms with Crippen molar-refractivity contribution in [1.29, 1.82) is 0 Å². The zero-order valence-electron chi connectivity index (χ0n) is 16.2. The molecule has 1 N–H and O–H groups in total. The van der Waals surface area contributed by atoms with Crippen LogP contribution in [-0.2, 0) is 11.2 Å². The zero-order chi connectivity index (χ0) is 20.1. The number of hydrogen-bond acceptors (Lipinski definition) is 4. The van der Waals surface area contributed by atoms with Crippen molar-refractivity contribution in [2.45, 2.75) is 33.1 Å². The molecule has 0 saturated carbocycles. The number of aromatic nitrogens is 1. The molecule has 0 fully saturated rings. The molecule has 1 amide bonds. The largest absolute Gasteiger partial charge is 0.483 e. The molecule has 0 aliphatic rings. The summed E-state index contributed by atoms with van der Waals surface area (Å²) in [6.45, 7) is 6.33. The highest BCUT2D eigenvalue weighted by atomic mass is 79.9. The van der Waals surface area contributed by atoms with Gasteiger partial charge < -0.3 is 4.74 Å². The van der Waals surface area contributed by atoms with E-state index in [4.69, 9.17) is 4.74 Å². The first-order valence-corrected chi connectivity index (χ1v) is 10.9. The van der Waals surface area contributed by atoms with Crippen molar-refractivity contribution in [2.75, 3.05) is 11.9 Å². The van der Waals surface area contributed by atoms with Crippen LogP contribution in [0.3, 0.4) is 0 Å². The number of nitrogens with one attached hydrogen (secondary N) is 1. The quantitative estimate of drug-likeness (QED) is 0.453. The number of carbonyl (C=O) groups excluding carboxylic acids is 1. The van der Waals surface area contributed by atoms with Crippen LogP contribution >= 0.6 is 27.3 Å². The average molecular weight is 459 g/mol. The van der Waals surface area contributed by atoms with E-state index in [1.165, 1.54) is 22.5 Å². The summed E-state index contributed by atoms with van der Waals surface area (Å²) in [5, 5.41) is 5.31. The van der Waals surface area contributed by atoms with E-state index in [2.05, 4.69) is 71.3 Å². The molecule has 0 saturated heterocycles. The predicted molar refractivity (Wildman–Crippen MR) is 119 cm³/mol.